The van der Waals surface area contributed by atoms with Crippen molar-refractivity contribution in [3.8, 4) is 0 Å². The second-order valence-electron chi connectivity index (χ2n) is 0.459. The number of nitrogens with two attached hydrogens (primary N) is 1. The molecule has 7 heavy (non-hydrogen) atoms. The Bertz CT molecular complexity index is 46.0. The first-order chi connectivity index (χ1) is 2.81. The smallest absolute Gasteiger partial charge is 0.412 e. The summed E-state index contributed by atoms with van der Waals surface area (Å²) < 4.78 is 0. The van der Waals surface area contributed by atoms with Crippen molar-refractivity contribution in [1.82, 2.24) is 0 Å². The Kier molecular flexibility index (Phi) is 6.97. The number of carbonyl (C=O) groups is 1. The van der Waals surface area contributed by atoms with Crippen LogP contribution in [0, 0.1) is 0 Å². The Morgan fingerprint density at radius 1 is 1.71 bits per heavy atom. The topological polar surface area (TPSA) is 113 Å². The van der Waals surface area contributed by atoms with Crippen LogP contribution in [0.25, 0.3) is 0 Å². The summed E-state index contributed by atoms with van der Waals surface area (Å²) >= 11 is 0. The Morgan fingerprint density at radius 2 is 2.14 bits per heavy atom. The summed E-state index contributed by atoms with van der Waals surface area (Å²) in [5.74, 6) is 4.15. The van der Waals surface area contributed by atoms with Gasteiger partial charge in [0.05, 0.1) is 0 Å². The van der Waals surface area contributed by atoms with Gasteiger partial charge in [0.25, 0.3) is 0 Å². The Balaban J connectivity index is 0. The van der Waals surface area contributed by atoms with Gasteiger partial charge in [0.2, 0.25) is 0 Å². The summed E-state index contributed by atoms with van der Waals surface area (Å²) in [6, 6.07) is 0. The fourth-order valence-corrected chi connectivity index (χ4v) is 0.0215. The molecule has 0 aromatic heterocycles. The largest absolute Gasteiger partial charge is 0.559 e. The lowest BCUT2D eigenvalue weighted by Crippen LogP contribution is -2.08. The maximum atomic E-state index is 9.36. The molecule has 0 radical (unpaired) electrons. The molecule has 0 atom stereocenters. The van der Waals surface area contributed by atoms with E-state index in [2.05, 4.69) is 15.6 Å². The number of rotatable bonds is 0. The third kappa shape index (κ3) is 5.15. The van der Waals surface area contributed by atoms with Crippen LogP contribution in [0.1, 0.15) is 0 Å². The normalized spacial score (nSPS) is 6.00. The molecular weight excluding hydrogens is 106 g/mol. The van der Waals surface area contributed by atoms with Gasteiger partial charge in [0.1, 0.15) is 0 Å². The van der Waals surface area contributed by atoms with Crippen molar-refractivity contribution < 1.29 is 25.3 Å². The highest BCUT2D eigenvalue weighted by Crippen LogP contribution is 1.68. The molecule has 0 unspecified atom stereocenters. The SMILES string of the molecule is NOC(=O)OO.O. The molecule has 5 N–H and O–H groups in total. The standard InChI is InChI=1S/CH3NO4.H2O/c2-5-1(3)6-4;/h4H,2H2;1H2. The fraction of sp³-hybridized carbons (Fsp3) is 0. The molecule has 6 nitrogen and oxygen atoms in total. The summed E-state index contributed by atoms with van der Waals surface area (Å²) in [6.07, 6.45) is -1.32. The lowest BCUT2D eigenvalue weighted by atomic mass is 11.4. The summed E-state index contributed by atoms with van der Waals surface area (Å²) in [7, 11) is 0. The minimum atomic E-state index is -1.32. The maximum Gasteiger partial charge on any atom is 0.559 e. The second-order valence-corrected chi connectivity index (χ2v) is 0.459. The molecule has 6 heteroatoms. The van der Waals surface area contributed by atoms with E-state index in [1.807, 2.05) is 0 Å². The number of carbonyl (C=O) groups excluding carboxylic acids is 1. The van der Waals surface area contributed by atoms with Gasteiger partial charge < -0.3 is 10.3 Å². The summed E-state index contributed by atoms with van der Waals surface area (Å²) in [6.45, 7) is 0. The Hall–Kier alpha value is -0.850. The zero-order valence-corrected chi connectivity index (χ0v) is 3.25. The highest BCUT2D eigenvalue weighted by atomic mass is 17.2. The molecule has 0 amide bonds. The van der Waals surface area contributed by atoms with Gasteiger partial charge in [0.15, 0.2) is 0 Å². The molecule has 0 fully saturated rings. The molecule has 0 aromatic rings. The van der Waals surface area contributed by atoms with Crippen molar-refractivity contribution in [1.29, 1.82) is 0 Å². The molecule has 0 aliphatic rings. The second kappa shape index (κ2) is 5.15. The Labute approximate surface area is 38.6 Å². The lowest BCUT2D eigenvalue weighted by molar-refractivity contribution is -0.201. The van der Waals surface area contributed by atoms with Gasteiger partial charge in [-0.2, -0.15) is 15.9 Å². The van der Waals surface area contributed by atoms with E-state index in [0.717, 1.165) is 0 Å². The van der Waals surface area contributed by atoms with Crippen LogP contribution in [-0.4, -0.2) is 16.9 Å². The first kappa shape index (κ1) is 9.47. The van der Waals surface area contributed by atoms with Crippen molar-refractivity contribution >= 4 is 6.16 Å². The zero-order chi connectivity index (χ0) is 4.99. The van der Waals surface area contributed by atoms with Gasteiger partial charge in [-0.25, -0.2) is 0 Å². The van der Waals surface area contributed by atoms with Crippen LogP contribution in [0.4, 0.5) is 4.79 Å². The lowest BCUT2D eigenvalue weighted by Gasteiger charge is -1.85. The monoisotopic (exact) mass is 111 g/mol. The zero-order valence-electron chi connectivity index (χ0n) is 3.25. The average Bonchev–Trinajstić information content (AvgIpc) is 1.65. The van der Waals surface area contributed by atoms with Gasteiger partial charge in [-0.1, -0.05) is 0 Å². The quantitative estimate of drug-likeness (QED) is 0.296. The van der Waals surface area contributed by atoms with Crippen LogP contribution in [-0.2, 0) is 9.73 Å². The summed E-state index contributed by atoms with van der Waals surface area (Å²) in [5.41, 5.74) is 0. The van der Waals surface area contributed by atoms with Crippen LogP contribution >= 0.6 is 0 Å². The Morgan fingerprint density at radius 3 is 2.14 bits per heavy atom. The van der Waals surface area contributed by atoms with Crippen LogP contribution in [0.3, 0.4) is 0 Å². The van der Waals surface area contributed by atoms with E-state index in [0.29, 0.717) is 0 Å². The summed E-state index contributed by atoms with van der Waals surface area (Å²) in [4.78, 5) is 15.6. The minimum absolute atomic E-state index is 0. The van der Waals surface area contributed by atoms with Crippen LogP contribution in [0.2, 0.25) is 0 Å². The first-order valence-electron chi connectivity index (χ1n) is 1.03. The van der Waals surface area contributed by atoms with E-state index in [1.165, 1.54) is 0 Å². The predicted octanol–water partition coefficient (Wildman–Crippen LogP) is -1.34. The fourth-order valence-electron chi connectivity index (χ4n) is 0.0215. The van der Waals surface area contributed by atoms with Gasteiger partial charge in [-0.3, -0.25) is 4.89 Å². The molecule has 0 aromatic carbocycles. The van der Waals surface area contributed by atoms with Crippen molar-refractivity contribution in [2.75, 3.05) is 0 Å². The highest BCUT2D eigenvalue weighted by molar-refractivity contribution is 5.58. The third-order valence-electron chi connectivity index (χ3n) is 0.171. The number of hydrogen-bond acceptors (Lipinski definition) is 5. The van der Waals surface area contributed by atoms with E-state index >= 15 is 0 Å². The molecule has 0 rings (SSSR count). The summed E-state index contributed by atoms with van der Waals surface area (Å²) in [5, 5.41) is 7.28. The van der Waals surface area contributed by atoms with Crippen LogP contribution in [0.15, 0.2) is 0 Å². The van der Waals surface area contributed by atoms with Crippen molar-refractivity contribution in [3.05, 3.63) is 0 Å². The van der Waals surface area contributed by atoms with Gasteiger partial charge in [-0.15, -0.1) is 0 Å². The molecule has 0 bridgehead atoms. The van der Waals surface area contributed by atoms with E-state index in [4.69, 9.17) is 5.26 Å². The first-order valence-corrected chi connectivity index (χ1v) is 1.03. The van der Waals surface area contributed by atoms with E-state index in [-0.39, 0.29) is 5.48 Å². The van der Waals surface area contributed by atoms with E-state index in [1.54, 1.807) is 0 Å². The van der Waals surface area contributed by atoms with Crippen molar-refractivity contribution in [2.45, 2.75) is 0 Å². The van der Waals surface area contributed by atoms with Crippen LogP contribution < -0.4 is 5.90 Å². The third-order valence-corrected chi connectivity index (χ3v) is 0.171. The maximum absolute atomic E-state index is 9.36. The van der Waals surface area contributed by atoms with Gasteiger partial charge >= 0.3 is 6.16 Å². The van der Waals surface area contributed by atoms with E-state index in [9.17, 15) is 4.79 Å². The predicted molar refractivity (Wildman–Crippen MR) is 18.0 cm³/mol. The van der Waals surface area contributed by atoms with Crippen molar-refractivity contribution in [2.24, 2.45) is 5.90 Å². The average molecular weight is 111 g/mol. The molecule has 0 saturated heterocycles. The molecule has 0 spiro atoms. The molecule has 0 heterocycles. The minimum Gasteiger partial charge on any atom is -0.412 e. The molecular formula is CH5NO5. The molecule has 44 valence electrons. The highest BCUT2D eigenvalue weighted by Gasteiger charge is 1.93. The van der Waals surface area contributed by atoms with E-state index < -0.39 is 6.16 Å². The molecule has 0 aliphatic heterocycles. The van der Waals surface area contributed by atoms with Crippen molar-refractivity contribution in [3.63, 3.8) is 0 Å². The van der Waals surface area contributed by atoms with Gasteiger partial charge in [0, 0.05) is 0 Å². The number of hydrogen-bond donors (Lipinski definition) is 2. The van der Waals surface area contributed by atoms with Crippen LogP contribution in [0.5, 0.6) is 0 Å². The molecule has 0 aliphatic carbocycles. The van der Waals surface area contributed by atoms with Gasteiger partial charge in [-0.05, 0) is 0 Å². The molecule has 0 saturated carbocycles.